The van der Waals surface area contributed by atoms with Gasteiger partial charge in [-0.3, -0.25) is 0 Å². The van der Waals surface area contributed by atoms with E-state index >= 15 is 0 Å². The van der Waals surface area contributed by atoms with E-state index in [1.54, 1.807) is 0 Å². The molecular formula is C19H21NO. The van der Waals surface area contributed by atoms with Crippen LogP contribution in [-0.4, -0.2) is 0 Å². The van der Waals surface area contributed by atoms with E-state index in [0.29, 0.717) is 0 Å². The summed E-state index contributed by atoms with van der Waals surface area (Å²) in [6.07, 6.45) is 2.27. The zero-order valence-electron chi connectivity index (χ0n) is 12.6. The lowest BCUT2D eigenvalue weighted by molar-refractivity contribution is 0.525. The Labute approximate surface area is 125 Å². The van der Waals surface area contributed by atoms with Crippen molar-refractivity contribution in [2.45, 2.75) is 32.7 Å². The molecule has 2 nitrogen and oxygen atoms in total. The fourth-order valence-electron chi connectivity index (χ4n) is 2.68. The molecule has 0 saturated carbocycles. The van der Waals surface area contributed by atoms with Crippen molar-refractivity contribution in [3.8, 4) is 0 Å². The number of nitrogens with two attached hydrogens (primary N) is 1. The van der Waals surface area contributed by atoms with Gasteiger partial charge >= 0.3 is 0 Å². The van der Waals surface area contributed by atoms with Gasteiger partial charge in [-0.15, -0.1) is 0 Å². The number of fused-ring (bicyclic) bond motifs is 1. The van der Waals surface area contributed by atoms with Gasteiger partial charge in [0.15, 0.2) is 0 Å². The van der Waals surface area contributed by atoms with Crippen molar-refractivity contribution in [1.29, 1.82) is 0 Å². The van der Waals surface area contributed by atoms with E-state index in [1.807, 2.05) is 12.1 Å². The molecule has 0 radical (unpaired) electrons. The van der Waals surface area contributed by atoms with E-state index < -0.39 is 0 Å². The van der Waals surface area contributed by atoms with Crippen LogP contribution in [0.25, 0.3) is 11.0 Å². The molecular weight excluding hydrogens is 258 g/mol. The second-order valence-corrected chi connectivity index (χ2v) is 5.66. The molecule has 0 spiro atoms. The van der Waals surface area contributed by atoms with Crippen molar-refractivity contribution >= 4 is 11.0 Å². The normalized spacial score (nSPS) is 12.7. The van der Waals surface area contributed by atoms with Crippen LogP contribution in [0.5, 0.6) is 0 Å². The van der Waals surface area contributed by atoms with Crippen molar-refractivity contribution in [2.75, 3.05) is 0 Å². The Morgan fingerprint density at radius 2 is 1.81 bits per heavy atom. The van der Waals surface area contributed by atoms with Gasteiger partial charge in [-0.25, -0.2) is 0 Å². The maximum Gasteiger partial charge on any atom is 0.134 e. The topological polar surface area (TPSA) is 39.2 Å². The van der Waals surface area contributed by atoms with Crippen LogP contribution >= 0.6 is 0 Å². The summed E-state index contributed by atoms with van der Waals surface area (Å²) in [6, 6.07) is 16.5. The molecule has 0 bridgehead atoms. The van der Waals surface area contributed by atoms with Gasteiger partial charge in [-0.2, -0.15) is 0 Å². The lowest BCUT2D eigenvalue weighted by Crippen LogP contribution is -2.10. The molecule has 3 rings (SSSR count). The summed E-state index contributed by atoms with van der Waals surface area (Å²) in [6.45, 7) is 4.27. The Morgan fingerprint density at radius 1 is 1.05 bits per heavy atom. The molecule has 0 fully saturated rings. The highest BCUT2D eigenvalue weighted by molar-refractivity contribution is 5.78. The fourth-order valence-corrected chi connectivity index (χ4v) is 2.68. The van der Waals surface area contributed by atoms with Gasteiger partial charge < -0.3 is 10.2 Å². The molecule has 3 aromatic rings. The molecule has 1 aromatic heterocycles. The third-order valence-corrected chi connectivity index (χ3v) is 3.87. The third-order valence-electron chi connectivity index (χ3n) is 3.87. The number of aryl methyl sites for hydroxylation is 2. The SMILES string of the molecule is CCCc1ccc(C(N)c2cc3cc(C)ccc3o2)cc1. The number of furan rings is 1. The number of rotatable bonds is 4. The summed E-state index contributed by atoms with van der Waals surface area (Å²) in [5, 5.41) is 1.11. The van der Waals surface area contributed by atoms with Crippen LogP contribution in [0.3, 0.4) is 0 Å². The number of hydrogen-bond donors (Lipinski definition) is 1. The van der Waals surface area contributed by atoms with Crippen LogP contribution < -0.4 is 5.73 Å². The predicted octanol–water partition coefficient (Wildman–Crippen LogP) is 4.74. The van der Waals surface area contributed by atoms with Gasteiger partial charge in [0.25, 0.3) is 0 Å². The zero-order chi connectivity index (χ0) is 14.8. The Hall–Kier alpha value is -2.06. The first-order chi connectivity index (χ1) is 10.2. The molecule has 1 unspecified atom stereocenters. The highest BCUT2D eigenvalue weighted by Gasteiger charge is 2.14. The van der Waals surface area contributed by atoms with Crippen molar-refractivity contribution in [2.24, 2.45) is 5.73 Å². The molecule has 2 heteroatoms. The van der Waals surface area contributed by atoms with Crippen LogP contribution in [0.15, 0.2) is 52.9 Å². The zero-order valence-corrected chi connectivity index (χ0v) is 12.6. The summed E-state index contributed by atoms with van der Waals surface area (Å²) in [4.78, 5) is 0. The van der Waals surface area contributed by atoms with Gasteiger partial charge in [0.05, 0.1) is 6.04 Å². The van der Waals surface area contributed by atoms with Gasteiger partial charge in [0.2, 0.25) is 0 Å². The minimum Gasteiger partial charge on any atom is -0.459 e. The quantitative estimate of drug-likeness (QED) is 0.749. The van der Waals surface area contributed by atoms with Gasteiger partial charge in [0, 0.05) is 5.39 Å². The molecule has 0 aliphatic carbocycles. The Bertz CT molecular complexity index is 740. The third kappa shape index (κ3) is 2.86. The first-order valence-electron chi connectivity index (χ1n) is 7.52. The van der Waals surface area contributed by atoms with E-state index in [2.05, 4.69) is 50.2 Å². The average Bonchev–Trinajstić information content (AvgIpc) is 2.90. The maximum atomic E-state index is 6.35. The molecule has 0 amide bonds. The smallest absolute Gasteiger partial charge is 0.134 e. The average molecular weight is 279 g/mol. The minimum atomic E-state index is -0.214. The van der Waals surface area contributed by atoms with Crippen molar-refractivity contribution in [1.82, 2.24) is 0 Å². The molecule has 0 aliphatic rings. The summed E-state index contributed by atoms with van der Waals surface area (Å²) < 4.78 is 5.89. The molecule has 108 valence electrons. The van der Waals surface area contributed by atoms with Crippen molar-refractivity contribution in [3.05, 3.63) is 71.0 Å². The first-order valence-corrected chi connectivity index (χ1v) is 7.52. The van der Waals surface area contributed by atoms with E-state index in [-0.39, 0.29) is 6.04 Å². The summed E-state index contributed by atoms with van der Waals surface area (Å²) in [5.74, 6) is 0.818. The molecule has 2 N–H and O–H groups in total. The minimum absolute atomic E-state index is 0.214. The molecule has 1 heterocycles. The van der Waals surface area contributed by atoms with Gasteiger partial charge in [0.1, 0.15) is 11.3 Å². The van der Waals surface area contributed by atoms with Gasteiger partial charge in [-0.1, -0.05) is 49.2 Å². The molecule has 0 saturated heterocycles. The monoisotopic (exact) mass is 279 g/mol. The van der Waals surface area contributed by atoms with Crippen LogP contribution in [0.1, 0.15) is 41.8 Å². The first kappa shape index (κ1) is 13.9. The standard InChI is InChI=1S/C19H21NO/c1-3-4-14-6-8-15(9-7-14)19(20)18-12-16-11-13(2)5-10-17(16)21-18/h5-12,19H,3-4,20H2,1-2H3. The van der Waals surface area contributed by atoms with Crippen LogP contribution in [0, 0.1) is 6.92 Å². The van der Waals surface area contributed by atoms with Gasteiger partial charge in [-0.05, 0) is 42.7 Å². The molecule has 0 aliphatic heterocycles. The molecule has 21 heavy (non-hydrogen) atoms. The Kier molecular flexibility index (Phi) is 3.80. The van der Waals surface area contributed by atoms with Crippen molar-refractivity contribution in [3.63, 3.8) is 0 Å². The Morgan fingerprint density at radius 3 is 2.52 bits per heavy atom. The van der Waals surface area contributed by atoms with E-state index in [4.69, 9.17) is 10.2 Å². The highest BCUT2D eigenvalue weighted by atomic mass is 16.3. The summed E-state index contributed by atoms with van der Waals surface area (Å²) in [5.41, 5.74) is 10.9. The lowest BCUT2D eigenvalue weighted by Gasteiger charge is -2.09. The highest BCUT2D eigenvalue weighted by Crippen LogP contribution is 2.27. The van der Waals surface area contributed by atoms with Crippen molar-refractivity contribution < 1.29 is 4.42 Å². The largest absolute Gasteiger partial charge is 0.459 e. The summed E-state index contributed by atoms with van der Waals surface area (Å²) >= 11 is 0. The summed E-state index contributed by atoms with van der Waals surface area (Å²) in [7, 11) is 0. The van der Waals surface area contributed by atoms with Crippen LogP contribution in [0.2, 0.25) is 0 Å². The second-order valence-electron chi connectivity index (χ2n) is 5.66. The van der Waals surface area contributed by atoms with E-state index in [9.17, 15) is 0 Å². The fraction of sp³-hybridized carbons (Fsp3) is 0.263. The number of hydrogen-bond acceptors (Lipinski definition) is 2. The maximum absolute atomic E-state index is 6.35. The van der Waals surface area contributed by atoms with E-state index in [1.165, 1.54) is 11.1 Å². The molecule has 1 atom stereocenters. The Balaban J connectivity index is 1.90. The number of benzene rings is 2. The lowest BCUT2D eigenvalue weighted by atomic mass is 10.0. The van der Waals surface area contributed by atoms with E-state index in [0.717, 1.165) is 35.1 Å². The second kappa shape index (κ2) is 5.74. The predicted molar refractivity (Wildman–Crippen MR) is 87.4 cm³/mol. The molecule has 2 aromatic carbocycles. The van der Waals surface area contributed by atoms with Crippen LogP contribution in [-0.2, 0) is 6.42 Å². The van der Waals surface area contributed by atoms with Crippen LogP contribution in [0.4, 0.5) is 0 Å².